The molecule has 1 amide bonds. The zero-order valence-corrected chi connectivity index (χ0v) is 10.1. The maximum absolute atomic E-state index is 12.1. The van der Waals surface area contributed by atoms with E-state index in [1.165, 1.54) is 0 Å². The summed E-state index contributed by atoms with van der Waals surface area (Å²) in [7, 11) is 0. The van der Waals surface area contributed by atoms with Gasteiger partial charge in [0.25, 0.3) is 0 Å². The van der Waals surface area contributed by atoms with Crippen molar-refractivity contribution in [3.8, 4) is 0 Å². The standard InChI is InChI=1S/C12H20N2O2/c1-4-5-11-12(16)13(8-9-15)6-7-14(11)10(2)3/h9,11H,2,4-8H2,1,3H3. The van der Waals surface area contributed by atoms with Crippen LogP contribution in [-0.4, -0.2) is 47.7 Å². The van der Waals surface area contributed by atoms with Gasteiger partial charge in [0.1, 0.15) is 12.3 Å². The third-order valence-electron chi connectivity index (χ3n) is 2.93. The Morgan fingerprint density at radius 1 is 1.56 bits per heavy atom. The van der Waals surface area contributed by atoms with Crippen LogP contribution in [0.1, 0.15) is 26.7 Å². The van der Waals surface area contributed by atoms with Crippen LogP contribution < -0.4 is 0 Å². The molecule has 0 saturated carbocycles. The molecule has 1 atom stereocenters. The van der Waals surface area contributed by atoms with Crippen LogP contribution in [0.5, 0.6) is 0 Å². The Kier molecular flexibility index (Phi) is 4.52. The molecule has 4 heteroatoms. The summed E-state index contributed by atoms with van der Waals surface area (Å²) in [5.74, 6) is 0.0585. The largest absolute Gasteiger partial charge is 0.362 e. The van der Waals surface area contributed by atoms with E-state index in [4.69, 9.17) is 0 Å². The van der Waals surface area contributed by atoms with Gasteiger partial charge >= 0.3 is 0 Å². The van der Waals surface area contributed by atoms with Gasteiger partial charge in [0.15, 0.2) is 0 Å². The molecule has 0 spiro atoms. The van der Waals surface area contributed by atoms with Crippen LogP contribution in [0.4, 0.5) is 0 Å². The first-order chi connectivity index (χ1) is 7.61. The Balaban J connectivity index is 2.78. The first-order valence-corrected chi connectivity index (χ1v) is 5.76. The van der Waals surface area contributed by atoms with E-state index in [1.807, 2.05) is 11.8 Å². The second kappa shape index (κ2) is 5.68. The first kappa shape index (κ1) is 12.7. The highest BCUT2D eigenvalue weighted by atomic mass is 16.2. The highest BCUT2D eigenvalue weighted by Gasteiger charge is 2.33. The minimum absolute atomic E-state index is 0.0585. The molecule has 1 fully saturated rings. The highest BCUT2D eigenvalue weighted by molar-refractivity contribution is 5.84. The lowest BCUT2D eigenvalue weighted by Gasteiger charge is -2.41. The molecule has 1 unspecified atom stereocenters. The fourth-order valence-electron chi connectivity index (χ4n) is 2.12. The fraction of sp³-hybridized carbons (Fsp3) is 0.667. The van der Waals surface area contributed by atoms with Crippen LogP contribution in [-0.2, 0) is 9.59 Å². The van der Waals surface area contributed by atoms with Crippen molar-refractivity contribution in [2.75, 3.05) is 19.6 Å². The van der Waals surface area contributed by atoms with Gasteiger partial charge in [-0.3, -0.25) is 4.79 Å². The van der Waals surface area contributed by atoms with Crippen LogP contribution in [0.3, 0.4) is 0 Å². The van der Waals surface area contributed by atoms with Crippen molar-refractivity contribution in [1.29, 1.82) is 0 Å². The lowest BCUT2D eigenvalue weighted by Crippen LogP contribution is -2.56. The number of piperazine rings is 1. The van der Waals surface area contributed by atoms with E-state index in [2.05, 4.69) is 13.5 Å². The number of nitrogens with zero attached hydrogens (tertiary/aromatic N) is 2. The maximum Gasteiger partial charge on any atom is 0.245 e. The maximum atomic E-state index is 12.1. The lowest BCUT2D eigenvalue weighted by atomic mass is 10.1. The van der Waals surface area contributed by atoms with Crippen LogP contribution in [0.2, 0.25) is 0 Å². The second-order valence-electron chi connectivity index (χ2n) is 4.18. The Labute approximate surface area is 96.9 Å². The predicted octanol–water partition coefficient (Wildman–Crippen LogP) is 1.03. The van der Waals surface area contributed by atoms with E-state index in [-0.39, 0.29) is 18.5 Å². The van der Waals surface area contributed by atoms with Crippen molar-refractivity contribution in [3.63, 3.8) is 0 Å². The van der Waals surface area contributed by atoms with E-state index in [9.17, 15) is 9.59 Å². The quantitative estimate of drug-likeness (QED) is 0.655. The second-order valence-corrected chi connectivity index (χ2v) is 4.18. The number of hydrogen-bond acceptors (Lipinski definition) is 3. The number of carbonyl (C=O) groups is 2. The molecule has 0 aromatic rings. The number of hydrogen-bond donors (Lipinski definition) is 0. The summed E-state index contributed by atoms with van der Waals surface area (Å²) >= 11 is 0. The molecule has 1 aliphatic heterocycles. The van der Waals surface area contributed by atoms with Crippen molar-refractivity contribution in [2.45, 2.75) is 32.7 Å². The number of carbonyl (C=O) groups excluding carboxylic acids is 2. The zero-order chi connectivity index (χ0) is 12.1. The van der Waals surface area contributed by atoms with Gasteiger partial charge in [0.05, 0.1) is 6.54 Å². The van der Waals surface area contributed by atoms with E-state index in [1.54, 1.807) is 4.90 Å². The molecule has 0 N–H and O–H groups in total. The minimum atomic E-state index is -0.129. The summed E-state index contributed by atoms with van der Waals surface area (Å²) < 4.78 is 0. The summed E-state index contributed by atoms with van der Waals surface area (Å²) in [5, 5.41) is 0. The summed E-state index contributed by atoms with van der Waals surface area (Å²) in [6.45, 7) is 9.49. The minimum Gasteiger partial charge on any atom is -0.362 e. The van der Waals surface area contributed by atoms with Gasteiger partial charge < -0.3 is 14.6 Å². The zero-order valence-electron chi connectivity index (χ0n) is 10.1. The molecule has 1 heterocycles. The third kappa shape index (κ3) is 2.62. The van der Waals surface area contributed by atoms with Gasteiger partial charge in [-0.2, -0.15) is 0 Å². The van der Waals surface area contributed by atoms with Crippen LogP contribution >= 0.6 is 0 Å². The number of rotatable bonds is 5. The summed E-state index contributed by atoms with van der Waals surface area (Å²) in [4.78, 5) is 26.3. The third-order valence-corrected chi connectivity index (χ3v) is 2.93. The van der Waals surface area contributed by atoms with Gasteiger partial charge in [-0.1, -0.05) is 19.9 Å². The van der Waals surface area contributed by atoms with Gasteiger partial charge in [-0.15, -0.1) is 0 Å². The Morgan fingerprint density at radius 3 is 2.75 bits per heavy atom. The lowest BCUT2D eigenvalue weighted by molar-refractivity contribution is -0.142. The molecule has 0 aromatic carbocycles. The smallest absolute Gasteiger partial charge is 0.245 e. The average Bonchev–Trinajstić information content (AvgIpc) is 2.24. The first-order valence-electron chi connectivity index (χ1n) is 5.76. The molecule has 0 bridgehead atoms. The number of allylic oxidation sites excluding steroid dienone is 1. The van der Waals surface area contributed by atoms with Crippen molar-refractivity contribution < 1.29 is 9.59 Å². The van der Waals surface area contributed by atoms with Crippen LogP contribution in [0, 0.1) is 0 Å². The van der Waals surface area contributed by atoms with Gasteiger partial charge in [-0.05, 0) is 13.3 Å². The molecular weight excluding hydrogens is 204 g/mol. The van der Waals surface area contributed by atoms with Crippen molar-refractivity contribution in [3.05, 3.63) is 12.3 Å². The molecule has 1 rings (SSSR count). The number of aldehydes is 1. The van der Waals surface area contributed by atoms with Gasteiger partial charge in [0, 0.05) is 18.8 Å². The van der Waals surface area contributed by atoms with E-state index >= 15 is 0 Å². The normalized spacial score (nSPS) is 21.1. The van der Waals surface area contributed by atoms with E-state index in [0.29, 0.717) is 6.54 Å². The number of amides is 1. The van der Waals surface area contributed by atoms with E-state index in [0.717, 1.165) is 31.4 Å². The average molecular weight is 224 g/mol. The molecule has 90 valence electrons. The topological polar surface area (TPSA) is 40.6 Å². The Morgan fingerprint density at radius 2 is 2.25 bits per heavy atom. The van der Waals surface area contributed by atoms with Crippen molar-refractivity contribution in [2.24, 2.45) is 0 Å². The Hall–Kier alpha value is -1.32. The molecule has 0 aromatic heterocycles. The van der Waals surface area contributed by atoms with Crippen molar-refractivity contribution in [1.82, 2.24) is 9.80 Å². The molecule has 4 nitrogen and oxygen atoms in total. The monoisotopic (exact) mass is 224 g/mol. The molecular formula is C12H20N2O2. The SMILES string of the molecule is C=C(C)N1CCN(CC=O)C(=O)C1CCC. The molecule has 1 saturated heterocycles. The molecule has 0 aliphatic carbocycles. The van der Waals surface area contributed by atoms with Crippen LogP contribution in [0.25, 0.3) is 0 Å². The molecule has 1 aliphatic rings. The highest BCUT2D eigenvalue weighted by Crippen LogP contribution is 2.19. The van der Waals surface area contributed by atoms with Gasteiger partial charge in [-0.25, -0.2) is 0 Å². The molecule has 16 heavy (non-hydrogen) atoms. The summed E-state index contributed by atoms with van der Waals surface area (Å²) in [5.41, 5.74) is 0.928. The summed E-state index contributed by atoms with van der Waals surface area (Å²) in [6.07, 6.45) is 2.56. The Bertz CT molecular complexity index is 289. The van der Waals surface area contributed by atoms with Crippen molar-refractivity contribution >= 4 is 12.2 Å². The van der Waals surface area contributed by atoms with Crippen LogP contribution in [0.15, 0.2) is 12.3 Å². The summed E-state index contributed by atoms with van der Waals surface area (Å²) in [6, 6.07) is -0.129. The predicted molar refractivity (Wildman–Crippen MR) is 62.9 cm³/mol. The van der Waals surface area contributed by atoms with E-state index < -0.39 is 0 Å². The van der Waals surface area contributed by atoms with Gasteiger partial charge in [0.2, 0.25) is 5.91 Å². The molecule has 0 radical (unpaired) electrons. The fourth-order valence-corrected chi connectivity index (χ4v) is 2.12.